The largest absolute Gasteiger partial charge is 0.458 e. The quantitative estimate of drug-likeness (QED) is 0.730. The van der Waals surface area contributed by atoms with Crippen molar-refractivity contribution in [2.45, 2.75) is 64.1 Å². The highest BCUT2D eigenvalue weighted by atomic mass is 79.9. The molecule has 1 saturated carbocycles. The second-order valence-corrected chi connectivity index (χ2v) is 9.97. The van der Waals surface area contributed by atoms with Crippen molar-refractivity contribution in [1.82, 2.24) is 10.3 Å². The summed E-state index contributed by atoms with van der Waals surface area (Å²) in [6, 6.07) is 0. The monoisotopic (exact) mass is 430 g/mol. The van der Waals surface area contributed by atoms with Crippen molar-refractivity contribution in [3.05, 3.63) is 15.0 Å². The van der Waals surface area contributed by atoms with Gasteiger partial charge in [0.2, 0.25) is 0 Å². The number of carbonyl (C=O) groups is 1. The van der Waals surface area contributed by atoms with E-state index in [1.54, 1.807) is 11.3 Å². The van der Waals surface area contributed by atoms with Gasteiger partial charge in [-0.2, -0.15) is 0 Å². The highest BCUT2D eigenvalue weighted by Crippen LogP contribution is 2.54. The smallest absolute Gasteiger partial charge is 0.332 e. The fraction of sp³-hybridized carbons (Fsp3) is 0.778. The third kappa shape index (κ3) is 4.62. The summed E-state index contributed by atoms with van der Waals surface area (Å²) < 4.78 is 12.5. The van der Waals surface area contributed by atoms with Gasteiger partial charge >= 0.3 is 5.97 Å². The lowest BCUT2D eigenvalue weighted by Gasteiger charge is -2.36. The first kappa shape index (κ1) is 19.3. The molecule has 2 fully saturated rings. The minimum atomic E-state index is -0.498. The highest BCUT2D eigenvalue weighted by molar-refractivity contribution is 9.10. The van der Waals surface area contributed by atoms with Crippen LogP contribution in [-0.2, 0) is 19.9 Å². The molecular weight excluding hydrogens is 404 g/mol. The number of nitrogens with one attached hydrogen (secondary N) is 1. The summed E-state index contributed by atoms with van der Waals surface area (Å²) in [6.45, 7) is 7.70. The zero-order valence-electron chi connectivity index (χ0n) is 15.2. The number of rotatable bonds is 4. The molecule has 2 atom stereocenters. The van der Waals surface area contributed by atoms with Crippen LogP contribution >= 0.6 is 27.3 Å². The molecule has 25 heavy (non-hydrogen) atoms. The zero-order valence-corrected chi connectivity index (χ0v) is 17.6. The van der Waals surface area contributed by atoms with Crippen LogP contribution in [0.3, 0.4) is 0 Å². The van der Waals surface area contributed by atoms with Crippen LogP contribution in [0.1, 0.15) is 57.9 Å². The summed E-state index contributed by atoms with van der Waals surface area (Å²) in [6.07, 6.45) is 5.33. The van der Waals surface area contributed by atoms with Crippen LogP contribution in [-0.4, -0.2) is 36.3 Å². The van der Waals surface area contributed by atoms with Crippen LogP contribution in [0.2, 0.25) is 0 Å². The van der Waals surface area contributed by atoms with Crippen molar-refractivity contribution in [2.24, 2.45) is 5.41 Å². The third-order valence-electron chi connectivity index (χ3n) is 5.03. The lowest BCUT2D eigenvalue weighted by molar-refractivity contribution is -0.168. The Balaban J connectivity index is 1.76. The van der Waals surface area contributed by atoms with Gasteiger partial charge in [-0.25, -0.2) is 9.78 Å². The first-order valence-corrected chi connectivity index (χ1v) is 10.6. The molecule has 1 saturated heterocycles. The van der Waals surface area contributed by atoms with Gasteiger partial charge in [-0.1, -0.05) is 0 Å². The van der Waals surface area contributed by atoms with Crippen LogP contribution in [0.5, 0.6) is 0 Å². The Kier molecular flexibility index (Phi) is 5.59. The summed E-state index contributed by atoms with van der Waals surface area (Å²) in [5.74, 6) is -0.315. The second kappa shape index (κ2) is 7.25. The Bertz CT molecular complexity index is 622. The molecular formula is C18H27BrN2O3S. The topological polar surface area (TPSA) is 60.5 Å². The summed E-state index contributed by atoms with van der Waals surface area (Å²) in [5, 5.41) is 6.48. The molecule has 1 aromatic rings. The first-order valence-electron chi connectivity index (χ1n) is 8.90. The van der Waals surface area contributed by atoms with E-state index in [1.165, 1.54) is 12.8 Å². The molecule has 1 aliphatic carbocycles. The van der Waals surface area contributed by atoms with Crippen molar-refractivity contribution in [2.75, 3.05) is 19.7 Å². The van der Waals surface area contributed by atoms with Gasteiger partial charge < -0.3 is 14.8 Å². The fourth-order valence-corrected chi connectivity index (χ4v) is 5.48. The molecule has 5 nitrogen and oxygen atoms in total. The number of ether oxygens (including phenoxy) is 2. The SMILES string of the molecule is CC(C)(C)OC(=O)COC1(c2nc(Br)cs2)CCC2(CCCNC2)C1. The van der Waals surface area contributed by atoms with Gasteiger partial charge in [0.25, 0.3) is 0 Å². The Morgan fingerprint density at radius 3 is 2.80 bits per heavy atom. The predicted octanol–water partition coefficient (Wildman–Crippen LogP) is 4.01. The maximum absolute atomic E-state index is 12.2. The van der Waals surface area contributed by atoms with Gasteiger partial charge in [0.15, 0.2) is 0 Å². The van der Waals surface area contributed by atoms with E-state index in [2.05, 4.69) is 26.2 Å². The van der Waals surface area contributed by atoms with Crippen LogP contribution in [0.4, 0.5) is 0 Å². The van der Waals surface area contributed by atoms with Crippen molar-refractivity contribution in [3.63, 3.8) is 0 Å². The number of halogens is 1. The zero-order chi connectivity index (χ0) is 18.1. The predicted molar refractivity (Wildman–Crippen MR) is 102 cm³/mol. The maximum Gasteiger partial charge on any atom is 0.332 e. The van der Waals surface area contributed by atoms with Crippen molar-refractivity contribution >= 4 is 33.2 Å². The molecule has 2 aliphatic rings. The number of nitrogens with zero attached hydrogens (tertiary/aromatic N) is 1. The molecule has 1 N–H and O–H groups in total. The van der Waals surface area contributed by atoms with Crippen LogP contribution < -0.4 is 5.32 Å². The summed E-state index contributed by atoms with van der Waals surface area (Å²) in [7, 11) is 0. The normalized spacial score (nSPS) is 29.9. The molecule has 0 aromatic carbocycles. The molecule has 1 aliphatic heterocycles. The molecule has 7 heteroatoms. The van der Waals surface area contributed by atoms with Crippen molar-refractivity contribution in [3.8, 4) is 0 Å². The molecule has 0 bridgehead atoms. The van der Waals surface area contributed by atoms with E-state index >= 15 is 0 Å². The lowest BCUT2D eigenvalue weighted by Crippen LogP contribution is -2.40. The molecule has 0 radical (unpaired) electrons. The minimum absolute atomic E-state index is 0.0298. The molecule has 2 unspecified atom stereocenters. The number of hydrogen-bond donors (Lipinski definition) is 1. The van der Waals surface area contributed by atoms with E-state index in [1.807, 2.05) is 26.2 Å². The number of aromatic nitrogens is 1. The highest BCUT2D eigenvalue weighted by Gasteiger charge is 2.52. The standard InChI is InChI=1S/C18H27BrN2O3S/c1-16(2,3)24-14(22)9-23-18(15-21-13(19)10-25-15)7-6-17(11-18)5-4-8-20-12-17/h10,20H,4-9,11-12H2,1-3H3. The van der Waals surface area contributed by atoms with Gasteiger partial charge in [0.05, 0.1) is 0 Å². The van der Waals surface area contributed by atoms with E-state index in [0.717, 1.165) is 42.0 Å². The van der Waals surface area contributed by atoms with Crippen molar-refractivity contribution < 1.29 is 14.3 Å². The molecule has 1 aromatic heterocycles. The number of piperidine rings is 1. The summed E-state index contributed by atoms with van der Waals surface area (Å²) in [5.41, 5.74) is -0.723. The third-order valence-corrected chi connectivity index (χ3v) is 6.77. The average Bonchev–Trinajstić information content (AvgIpc) is 3.10. The number of hydrogen-bond acceptors (Lipinski definition) is 6. The van der Waals surface area contributed by atoms with Gasteiger partial charge in [0.1, 0.15) is 27.4 Å². The minimum Gasteiger partial charge on any atom is -0.458 e. The van der Waals surface area contributed by atoms with Gasteiger partial charge in [-0.15, -0.1) is 11.3 Å². The van der Waals surface area contributed by atoms with Crippen molar-refractivity contribution in [1.29, 1.82) is 0 Å². The number of carbonyl (C=O) groups excluding carboxylic acids is 1. The number of thiazole rings is 1. The Morgan fingerprint density at radius 1 is 1.40 bits per heavy atom. The first-order chi connectivity index (χ1) is 11.7. The Labute approximate surface area is 162 Å². The van der Waals surface area contributed by atoms with Gasteiger partial charge in [0, 0.05) is 11.9 Å². The summed E-state index contributed by atoms with van der Waals surface area (Å²) in [4.78, 5) is 16.8. The van der Waals surface area contributed by atoms with Crippen LogP contribution in [0.25, 0.3) is 0 Å². The van der Waals surface area contributed by atoms with E-state index in [9.17, 15) is 4.79 Å². The molecule has 0 amide bonds. The summed E-state index contributed by atoms with van der Waals surface area (Å²) >= 11 is 5.05. The van der Waals surface area contributed by atoms with E-state index in [-0.39, 0.29) is 18.0 Å². The fourth-order valence-electron chi connectivity index (χ4n) is 4.04. The van der Waals surface area contributed by atoms with Crippen LogP contribution in [0, 0.1) is 5.41 Å². The second-order valence-electron chi connectivity index (χ2n) is 8.30. The van der Waals surface area contributed by atoms with Gasteiger partial charge in [-0.3, -0.25) is 0 Å². The lowest BCUT2D eigenvalue weighted by atomic mass is 9.78. The van der Waals surface area contributed by atoms with E-state index < -0.39 is 11.2 Å². The van der Waals surface area contributed by atoms with E-state index in [0.29, 0.717) is 0 Å². The maximum atomic E-state index is 12.2. The molecule has 140 valence electrons. The Morgan fingerprint density at radius 2 is 2.20 bits per heavy atom. The van der Waals surface area contributed by atoms with E-state index in [4.69, 9.17) is 9.47 Å². The molecule has 3 rings (SSSR count). The Hall–Kier alpha value is -0.500. The average molecular weight is 431 g/mol. The van der Waals surface area contributed by atoms with Crippen LogP contribution in [0.15, 0.2) is 9.98 Å². The number of esters is 1. The van der Waals surface area contributed by atoms with Gasteiger partial charge in [-0.05, 0) is 80.8 Å². The molecule has 2 heterocycles. The molecule has 1 spiro atoms.